The molecule has 2 aromatic carbocycles. The van der Waals surface area contributed by atoms with Gasteiger partial charge >= 0.3 is 0 Å². The molecule has 0 aliphatic heterocycles. The van der Waals surface area contributed by atoms with Crippen LogP contribution in [0.4, 0.5) is 5.69 Å². The van der Waals surface area contributed by atoms with Crippen molar-refractivity contribution in [2.45, 2.75) is 6.92 Å². The predicted octanol–water partition coefficient (Wildman–Crippen LogP) is 3.86. The Morgan fingerprint density at radius 3 is 2.95 bits per heavy atom. The summed E-state index contributed by atoms with van der Waals surface area (Å²) in [5.74, 6) is -0.0988. The molecule has 0 radical (unpaired) electrons. The molecule has 0 unspecified atom stereocenters. The molecule has 3 nitrogen and oxygen atoms in total. The number of thiazole rings is 1. The Balaban J connectivity index is 1.86. The highest BCUT2D eigenvalue weighted by Gasteiger charge is 2.07. The van der Waals surface area contributed by atoms with Gasteiger partial charge in [-0.3, -0.25) is 4.79 Å². The number of aromatic nitrogens is 1. The van der Waals surface area contributed by atoms with Crippen molar-refractivity contribution in [2.75, 3.05) is 5.32 Å². The number of benzene rings is 2. The summed E-state index contributed by atoms with van der Waals surface area (Å²) in [6.45, 7) is 1.97. The van der Waals surface area contributed by atoms with E-state index in [4.69, 9.17) is 0 Å². The maximum atomic E-state index is 12.1. The Kier molecular flexibility index (Phi) is 3.01. The van der Waals surface area contributed by atoms with Crippen LogP contribution in [0, 0.1) is 6.92 Å². The third-order valence-electron chi connectivity index (χ3n) is 2.87. The van der Waals surface area contributed by atoms with Gasteiger partial charge in [0.1, 0.15) is 0 Å². The Labute approximate surface area is 114 Å². The fourth-order valence-electron chi connectivity index (χ4n) is 1.93. The van der Waals surface area contributed by atoms with Gasteiger partial charge in [-0.25, -0.2) is 4.98 Å². The van der Waals surface area contributed by atoms with Crippen molar-refractivity contribution in [1.29, 1.82) is 0 Å². The molecule has 0 saturated carbocycles. The van der Waals surface area contributed by atoms with E-state index in [2.05, 4.69) is 10.3 Å². The summed E-state index contributed by atoms with van der Waals surface area (Å²) in [5, 5.41) is 2.89. The first-order valence-electron chi connectivity index (χ1n) is 5.94. The van der Waals surface area contributed by atoms with Gasteiger partial charge in [-0.05, 0) is 37.3 Å². The average molecular weight is 268 g/mol. The minimum absolute atomic E-state index is 0.0988. The molecule has 94 valence electrons. The largest absolute Gasteiger partial charge is 0.322 e. The number of amides is 1. The lowest BCUT2D eigenvalue weighted by Gasteiger charge is -2.05. The molecule has 1 amide bonds. The number of carbonyl (C=O) groups excluding carboxylic acids is 1. The van der Waals surface area contributed by atoms with Gasteiger partial charge in [0.05, 0.1) is 15.7 Å². The van der Waals surface area contributed by atoms with Crippen LogP contribution >= 0.6 is 11.3 Å². The lowest BCUT2D eigenvalue weighted by molar-refractivity contribution is 0.102. The van der Waals surface area contributed by atoms with E-state index in [9.17, 15) is 4.79 Å². The maximum Gasteiger partial charge on any atom is 0.255 e. The molecule has 0 atom stereocenters. The molecule has 0 bridgehead atoms. The van der Waals surface area contributed by atoms with Crippen LogP contribution in [0.5, 0.6) is 0 Å². The van der Waals surface area contributed by atoms with Gasteiger partial charge in [0.2, 0.25) is 0 Å². The second kappa shape index (κ2) is 4.82. The molecule has 3 aromatic rings. The Morgan fingerprint density at radius 2 is 2.11 bits per heavy atom. The molecule has 0 aliphatic rings. The number of rotatable bonds is 2. The van der Waals surface area contributed by atoms with Crippen LogP contribution in [-0.2, 0) is 0 Å². The number of carbonyl (C=O) groups is 1. The van der Waals surface area contributed by atoms with Gasteiger partial charge < -0.3 is 5.32 Å². The van der Waals surface area contributed by atoms with E-state index in [1.807, 2.05) is 49.4 Å². The van der Waals surface area contributed by atoms with Gasteiger partial charge in [0.25, 0.3) is 5.91 Å². The molecular weight excluding hydrogens is 256 g/mol. The maximum absolute atomic E-state index is 12.1. The van der Waals surface area contributed by atoms with Crippen LogP contribution in [0.15, 0.2) is 48.0 Å². The highest BCUT2D eigenvalue weighted by molar-refractivity contribution is 7.16. The highest BCUT2D eigenvalue weighted by atomic mass is 32.1. The van der Waals surface area contributed by atoms with Crippen molar-refractivity contribution in [3.63, 3.8) is 0 Å². The van der Waals surface area contributed by atoms with E-state index in [-0.39, 0.29) is 5.91 Å². The Morgan fingerprint density at radius 1 is 1.21 bits per heavy atom. The minimum Gasteiger partial charge on any atom is -0.322 e. The summed E-state index contributed by atoms with van der Waals surface area (Å²) in [6.07, 6.45) is 0. The molecule has 0 fully saturated rings. The second-order valence-corrected chi connectivity index (χ2v) is 5.24. The molecular formula is C15H12N2OS. The summed E-state index contributed by atoms with van der Waals surface area (Å²) in [4.78, 5) is 16.4. The normalized spacial score (nSPS) is 10.6. The number of aryl methyl sites for hydroxylation is 1. The summed E-state index contributed by atoms with van der Waals surface area (Å²) in [7, 11) is 0. The quantitative estimate of drug-likeness (QED) is 0.767. The van der Waals surface area contributed by atoms with Gasteiger partial charge in [-0.1, -0.05) is 17.7 Å². The van der Waals surface area contributed by atoms with Crippen molar-refractivity contribution in [3.05, 3.63) is 59.1 Å². The zero-order valence-electron chi connectivity index (χ0n) is 10.4. The highest BCUT2D eigenvalue weighted by Crippen LogP contribution is 2.21. The number of hydrogen-bond donors (Lipinski definition) is 1. The van der Waals surface area contributed by atoms with Crippen LogP contribution in [-0.4, -0.2) is 10.9 Å². The first kappa shape index (κ1) is 11.9. The van der Waals surface area contributed by atoms with Gasteiger partial charge in [-0.2, -0.15) is 0 Å². The zero-order chi connectivity index (χ0) is 13.2. The van der Waals surface area contributed by atoms with Crippen molar-refractivity contribution in [2.24, 2.45) is 0 Å². The minimum atomic E-state index is -0.0988. The smallest absolute Gasteiger partial charge is 0.255 e. The number of nitrogens with zero attached hydrogens (tertiary/aromatic N) is 1. The second-order valence-electron chi connectivity index (χ2n) is 4.36. The van der Waals surface area contributed by atoms with Crippen LogP contribution in [0.1, 0.15) is 15.9 Å². The molecule has 0 spiro atoms. The number of anilines is 1. The van der Waals surface area contributed by atoms with Crippen molar-refractivity contribution in [1.82, 2.24) is 4.98 Å². The van der Waals surface area contributed by atoms with Gasteiger partial charge in [0.15, 0.2) is 0 Å². The average Bonchev–Trinajstić information content (AvgIpc) is 2.86. The van der Waals surface area contributed by atoms with Crippen molar-refractivity contribution < 1.29 is 4.79 Å². The molecule has 1 heterocycles. The number of fused-ring (bicyclic) bond motifs is 1. The summed E-state index contributed by atoms with van der Waals surface area (Å²) >= 11 is 1.59. The van der Waals surface area contributed by atoms with Gasteiger partial charge in [-0.15, -0.1) is 11.3 Å². The Bertz CT molecular complexity index is 748. The summed E-state index contributed by atoms with van der Waals surface area (Å²) in [5.41, 5.74) is 5.22. The first-order valence-corrected chi connectivity index (χ1v) is 6.81. The third-order valence-corrected chi connectivity index (χ3v) is 3.68. The van der Waals surface area contributed by atoms with E-state index in [1.165, 1.54) is 0 Å². The molecule has 0 aliphatic carbocycles. The lowest BCUT2D eigenvalue weighted by Crippen LogP contribution is -2.11. The van der Waals surface area contributed by atoms with E-state index in [0.29, 0.717) is 5.56 Å². The zero-order valence-corrected chi connectivity index (χ0v) is 11.2. The lowest BCUT2D eigenvalue weighted by atomic mass is 10.1. The SMILES string of the molecule is Cc1cccc(C(=O)Nc2ccc3scnc3c2)c1. The van der Waals surface area contributed by atoms with E-state index >= 15 is 0 Å². The molecule has 3 rings (SSSR count). The van der Waals surface area contributed by atoms with Crippen LogP contribution < -0.4 is 5.32 Å². The topological polar surface area (TPSA) is 42.0 Å². The molecule has 0 saturated heterocycles. The molecule has 1 aromatic heterocycles. The monoisotopic (exact) mass is 268 g/mol. The molecule has 4 heteroatoms. The number of hydrogen-bond acceptors (Lipinski definition) is 3. The third kappa shape index (κ3) is 2.48. The van der Waals surface area contributed by atoms with Crippen LogP contribution in [0.3, 0.4) is 0 Å². The van der Waals surface area contributed by atoms with Crippen molar-refractivity contribution >= 4 is 33.1 Å². The molecule has 19 heavy (non-hydrogen) atoms. The summed E-state index contributed by atoms with van der Waals surface area (Å²) in [6, 6.07) is 13.3. The van der Waals surface area contributed by atoms with Crippen LogP contribution in [0.25, 0.3) is 10.2 Å². The van der Waals surface area contributed by atoms with Crippen molar-refractivity contribution in [3.8, 4) is 0 Å². The Hall–Kier alpha value is -2.20. The standard InChI is InChI=1S/C15H12N2OS/c1-10-3-2-4-11(7-10)15(18)17-12-5-6-14-13(8-12)16-9-19-14/h2-9H,1H3,(H,17,18). The van der Waals surface area contributed by atoms with E-state index in [0.717, 1.165) is 21.5 Å². The number of nitrogens with one attached hydrogen (secondary N) is 1. The fourth-order valence-corrected chi connectivity index (χ4v) is 2.58. The first-order chi connectivity index (χ1) is 9.22. The molecule has 1 N–H and O–H groups in total. The van der Waals surface area contributed by atoms with E-state index < -0.39 is 0 Å². The van der Waals surface area contributed by atoms with Crippen LogP contribution in [0.2, 0.25) is 0 Å². The van der Waals surface area contributed by atoms with E-state index in [1.54, 1.807) is 16.8 Å². The van der Waals surface area contributed by atoms with Gasteiger partial charge in [0, 0.05) is 11.3 Å². The predicted molar refractivity (Wildman–Crippen MR) is 78.8 cm³/mol. The fraction of sp³-hybridized carbons (Fsp3) is 0.0667. The summed E-state index contributed by atoms with van der Waals surface area (Å²) < 4.78 is 1.12.